The second kappa shape index (κ2) is 3.82. The molecule has 0 amide bonds. The predicted molar refractivity (Wildman–Crippen MR) is 54.0 cm³/mol. The third-order valence-corrected chi connectivity index (χ3v) is 2.27. The first kappa shape index (κ1) is 9.85. The van der Waals surface area contributed by atoms with Crippen molar-refractivity contribution in [3.05, 3.63) is 18.3 Å². The molecule has 2 aromatic rings. The second-order valence-corrected chi connectivity index (χ2v) is 3.48. The summed E-state index contributed by atoms with van der Waals surface area (Å²) in [5.74, 6) is 1.22. The maximum atomic E-state index is 5.52. The van der Waals surface area contributed by atoms with Crippen LogP contribution < -0.4 is 5.73 Å². The summed E-state index contributed by atoms with van der Waals surface area (Å²) in [6.07, 6.45) is 3.37. The van der Waals surface area contributed by atoms with E-state index in [0.717, 1.165) is 5.69 Å². The molecule has 2 heterocycles. The van der Waals surface area contributed by atoms with Gasteiger partial charge in [0.2, 0.25) is 0 Å². The Morgan fingerprint density at radius 1 is 1.60 bits per heavy atom. The average Bonchev–Trinajstić information content (AvgIpc) is 2.84. The summed E-state index contributed by atoms with van der Waals surface area (Å²) in [5.41, 5.74) is 6.33. The van der Waals surface area contributed by atoms with Gasteiger partial charge in [-0.2, -0.15) is 4.98 Å². The molecule has 6 heteroatoms. The summed E-state index contributed by atoms with van der Waals surface area (Å²) >= 11 is 0. The Labute approximate surface area is 87.1 Å². The fourth-order valence-corrected chi connectivity index (χ4v) is 1.21. The predicted octanol–water partition coefficient (Wildman–Crippen LogP) is 0.532. The maximum Gasteiger partial charge on any atom is 0.276 e. The molecule has 80 valence electrons. The number of imidazole rings is 1. The van der Waals surface area contributed by atoms with E-state index in [1.54, 1.807) is 12.5 Å². The Kier molecular flexibility index (Phi) is 2.51. The smallest absolute Gasteiger partial charge is 0.276 e. The zero-order chi connectivity index (χ0) is 10.8. The van der Waals surface area contributed by atoms with E-state index in [1.807, 2.05) is 18.5 Å². The van der Waals surface area contributed by atoms with Gasteiger partial charge in [-0.05, 0) is 0 Å². The molecule has 2 rings (SSSR count). The van der Waals surface area contributed by atoms with Crippen LogP contribution in [0, 0.1) is 0 Å². The molecule has 2 aromatic heterocycles. The van der Waals surface area contributed by atoms with Crippen molar-refractivity contribution in [3.63, 3.8) is 0 Å². The molecule has 1 atom stereocenters. The van der Waals surface area contributed by atoms with Crippen molar-refractivity contribution in [1.82, 2.24) is 19.7 Å². The summed E-state index contributed by atoms with van der Waals surface area (Å²) in [6, 6.07) is 0. The second-order valence-electron chi connectivity index (χ2n) is 3.48. The highest BCUT2D eigenvalue weighted by Gasteiger charge is 2.15. The summed E-state index contributed by atoms with van der Waals surface area (Å²) < 4.78 is 6.96. The summed E-state index contributed by atoms with van der Waals surface area (Å²) in [5, 5.41) is 3.88. The first-order valence-electron chi connectivity index (χ1n) is 4.72. The van der Waals surface area contributed by atoms with Crippen molar-refractivity contribution >= 4 is 0 Å². The van der Waals surface area contributed by atoms with E-state index < -0.39 is 0 Å². The number of aryl methyl sites for hydroxylation is 1. The van der Waals surface area contributed by atoms with Gasteiger partial charge in [-0.15, -0.1) is 0 Å². The monoisotopic (exact) mass is 207 g/mol. The molecule has 1 unspecified atom stereocenters. The largest absolute Gasteiger partial charge is 0.332 e. The van der Waals surface area contributed by atoms with Crippen LogP contribution in [-0.4, -0.2) is 26.2 Å². The minimum atomic E-state index is 0.107. The fraction of sp³-hybridized carbons (Fsp3) is 0.444. The van der Waals surface area contributed by atoms with E-state index in [4.69, 9.17) is 10.3 Å². The van der Waals surface area contributed by atoms with Crippen LogP contribution in [0.5, 0.6) is 0 Å². The molecule has 15 heavy (non-hydrogen) atoms. The highest BCUT2D eigenvalue weighted by molar-refractivity contribution is 5.45. The molecule has 0 saturated carbocycles. The van der Waals surface area contributed by atoms with Crippen molar-refractivity contribution in [2.75, 3.05) is 6.54 Å². The molecule has 0 fully saturated rings. The van der Waals surface area contributed by atoms with Crippen molar-refractivity contribution in [1.29, 1.82) is 0 Å². The van der Waals surface area contributed by atoms with Gasteiger partial charge in [0.05, 0.1) is 12.5 Å². The number of nitrogens with zero attached hydrogens (tertiary/aromatic N) is 4. The van der Waals surface area contributed by atoms with Crippen molar-refractivity contribution in [2.24, 2.45) is 12.8 Å². The van der Waals surface area contributed by atoms with Crippen LogP contribution in [0.1, 0.15) is 18.7 Å². The number of nitrogens with two attached hydrogens (primary N) is 1. The van der Waals surface area contributed by atoms with E-state index in [9.17, 15) is 0 Å². The molecular weight excluding hydrogens is 194 g/mol. The Morgan fingerprint density at radius 3 is 3.00 bits per heavy atom. The molecule has 0 aliphatic heterocycles. The minimum absolute atomic E-state index is 0.107. The van der Waals surface area contributed by atoms with E-state index in [0.29, 0.717) is 18.3 Å². The molecule has 2 N–H and O–H groups in total. The molecule has 0 spiro atoms. The third-order valence-electron chi connectivity index (χ3n) is 2.27. The average molecular weight is 207 g/mol. The van der Waals surface area contributed by atoms with Crippen LogP contribution in [0.3, 0.4) is 0 Å². The molecule has 0 aliphatic carbocycles. The number of aromatic nitrogens is 4. The normalized spacial score (nSPS) is 13.0. The first-order valence-corrected chi connectivity index (χ1v) is 4.72. The molecule has 0 bridgehead atoms. The molecule has 0 radical (unpaired) electrons. The molecule has 0 saturated heterocycles. The summed E-state index contributed by atoms with van der Waals surface area (Å²) in [4.78, 5) is 8.25. The lowest BCUT2D eigenvalue weighted by molar-refractivity contribution is 0.415. The highest BCUT2D eigenvalue weighted by atomic mass is 16.5. The first-order chi connectivity index (χ1) is 7.22. The fourth-order valence-electron chi connectivity index (χ4n) is 1.21. The number of rotatable bonds is 3. The van der Waals surface area contributed by atoms with Gasteiger partial charge in [-0.1, -0.05) is 12.1 Å². The lowest BCUT2D eigenvalue weighted by Gasteiger charge is -1.98. The Hall–Kier alpha value is -1.69. The molecule has 6 nitrogen and oxygen atoms in total. The summed E-state index contributed by atoms with van der Waals surface area (Å²) in [7, 11) is 1.87. The van der Waals surface area contributed by atoms with Gasteiger partial charge in [0.1, 0.15) is 5.69 Å². The van der Waals surface area contributed by atoms with Crippen molar-refractivity contribution < 1.29 is 4.52 Å². The number of hydrogen-bond donors (Lipinski definition) is 1. The molecule has 0 aliphatic rings. The lowest BCUT2D eigenvalue weighted by atomic mass is 10.2. The van der Waals surface area contributed by atoms with Crippen LogP contribution in [0.15, 0.2) is 17.0 Å². The van der Waals surface area contributed by atoms with Gasteiger partial charge < -0.3 is 14.8 Å². The van der Waals surface area contributed by atoms with Gasteiger partial charge in [-0.25, -0.2) is 4.98 Å². The molecular formula is C9H13N5O. The van der Waals surface area contributed by atoms with E-state index in [2.05, 4.69) is 15.1 Å². The van der Waals surface area contributed by atoms with Crippen LogP contribution in [0.4, 0.5) is 0 Å². The highest BCUT2D eigenvalue weighted by Crippen LogP contribution is 2.18. The van der Waals surface area contributed by atoms with Gasteiger partial charge in [0, 0.05) is 19.5 Å². The third kappa shape index (κ3) is 1.75. The van der Waals surface area contributed by atoms with Gasteiger partial charge in [0.25, 0.3) is 5.89 Å². The zero-order valence-electron chi connectivity index (χ0n) is 8.71. The molecule has 0 aromatic carbocycles. The Bertz CT molecular complexity index is 447. The van der Waals surface area contributed by atoms with Gasteiger partial charge in [0.15, 0.2) is 5.82 Å². The van der Waals surface area contributed by atoms with Crippen LogP contribution >= 0.6 is 0 Å². The van der Waals surface area contributed by atoms with Crippen LogP contribution in [0.2, 0.25) is 0 Å². The Balaban J connectivity index is 2.32. The van der Waals surface area contributed by atoms with E-state index >= 15 is 0 Å². The quantitative estimate of drug-likeness (QED) is 0.793. The standard InChI is InChI=1S/C9H13N5O/c1-6(3-10)8-12-9(15-13-8)7-4-11-5-14(7)2/h4-6H,3,10H2,1-2H3. The minimum Gasteiger partial charge on any atom is -0.332 e. The van der Waals surface area contributed by atoms with Crippen LogP contribution in [-0.2, 0) is 7.05 Å². The number of hydrogen-bond acceptors (Lipinski definition) is 5. The van der Waals surface area contributed by atoms with Gasteiger partial charge in [-0.3, -0.25) is 0 Å². The summed E-state index contributed by atoms with van der Waals surface area (Å²) in [6.45, 7) is 2.46. The van der Waals surface area contributed by atoms with Crippen molar-refractivity contribution in [2.45, 2.75) is 12.8 Å². The topological polar surface area (TPSA) is 82.8 Å². The van der Waals surface area contributed by atoms with Crippen LogP contribution in [0.25, 0.3) is 11.6 Å². The van der Waals surface area contributed by atoms with Gasteiger partial charge >= 0.3 is 0 Å². The van der Waals surface area contributed by atoms with Crippen molar-refractivity contribution in [3.8, 4) is 11.6 Å². The van der Waals surface area contributed by atoms with E-state index in [1.165, 1.54) is 0 Å². The van der Waals surface area contributed by atoms with E-state index in [-0.39, 0.29) is 5.92 Å². The maximum absolute atomic E-state index is 5.52. The zero-order valence-corrected chi connectivity index (χ0v) is 8.71. The SMILES string of the molecule is CC(CN)c1noc(-c2cncn2C)n1. The Morgan fingerprint density at radius 2 is 2.40 bits per heavy atom. The lowest BCUT2D eigenvalue weighted by Crippen LogP contribution is -2.10.